The van der Waals surface area contributed by atoms with Crippen LogP contribution in [0.2, 0.25) is 0 Å². The second-order valence-corrected chi connectivity index (χ2v) is 4.67. The Morgan fingerprint density at radius 3 is 2.26 bits per heavy atom. The lowest BCUT2D eigenvalue weighted by Crippen LogP contribution is -2.29. The zero-order valence-electron chi connectivity index (χ0n) is 12.3. The van der Waals surface area contributed by atoms with Gasteiger partial charge in [-0.3, -0.25) is 20.2 Å². The van der Waals surface area contributed by atoms with Gasteiger partial charge in [0.2, 0.25) is 0 Å². The molecule has 0 amide bonds. The zero-order valence-corrected chi connectivity index (χ0v) is 12.3. The summed E-state index contributed by atoms with van der Waals surface area (Å²) >= 11 is 0. The van der Waals surface area contributed by atoms with Gasteiger partial charge >= 0.3 is 6.17 Å². The van der Waals surface area contributed by atoms with Crippen LogP contribution in [0.15, 0.2) is 18.3 Å². The topological polar surface area (TPSA) is 89.5 Å². The number of anilines is 1. The summed E-state index contributed by atoms with van der Waals surface area (Å²) in [6, 6.07) is 0.737. The van der Waals surface area contributed by atoms with Gasteiger partial charge in [0.1, 0.15) is 0 Å². The van der Waals surface area contributed by atoms with Crippen LogP contribution < -0.4 is 4.90 Å². The number of nitrogens with zero attached hydrogens (tertiary/aromatic N) is 3. The van der Waals surface area contributed by atoms with Crippen LogP contribution in [0, 0.1) is 37.7 Å². The van der Waals surface area contributed by atoms with Crippen molar-refractivity contribution >= 4 is 5.69 Å². The second kappa shape index (κ2) is 7.56. The maximum absolute atomic E-state index is 14.0. The Morgan fingerprint density at radius 2 is 1.78 bits per heavy atom. The van der Waals surface area contributed by atoms with Crippen LogP contribution in [0.3, 0.4) is 0 Å². The van der Waals surface area contributed by atoms with Gasteiger partial charge in [-0.25, -0.2) is 13.2 Å². The molecule has 0 fully saturated rings. The van der Waals surface area contributed by atoms with Crippen molar-refractivity contribution in [2.75, 3.05) is 11.9 Å². The van der Waals surface area contributed by atoms with Gasteiger partial charge in [0.15, 0.2) is 17.5 Å². The minimum atomic E-state index is -2.15. The average Bonchev–Trinajstić information content (AvgIpc) is 2.46. The van der Waals surface area contributed by atoms with E-state index < -0.39 is 46.3 Å². The Bertz CT molecular complexity index is 638. The molecule has 0 radical (unpaired) electrons. The molecule has 0 N–H and O–H groups in total. The van der Waals surface area contributed by atoms with E-state index in [4.69, 9.17) is 0 Å². The predicted molar refractivity (Wildman–Crippen MR) is 75.6 cm³/mol. The molecule has 0 bridgehead atoms. The van der Waals surface area contributed by atoms with Crippen LogP contribution in [-0.2, 0) is 6.42 Å². The Kier molecular flexibility index (Phi) is 6.05. The van der Waals surface area contributed by atoms with E-state index in [1.165, 1.54) is 18.1 Å². The van der Waals surface area contributed by atoms with Crippen molar-refractivity contribution in [2.24, 2.45) is 0 Å². The van der Waals surface area contributed by atoms with Gasteiger partial charge < -0.3 is 4.90 Å². The van der Waals surface area contributed by atoms with Gasteiger partial charge in [-0.05, 0) is 19.5 Å². The maximum atomic E-state index is 14.0. The Morgan fingerprint density at radius 1 is 1.22 bits per heavy atom. The van der Waals surface area contributed by atoms with E-state index in [-0.39, 0.29) is 11.3 Å². The standard InChI is InChI=1S/C13H14F3N3O4/c1-3-6-17(2)10-7-9(14)13(16)12(15)8(10)4-5-11(18(20)21)19(22)23/h3,6-7,11H,4-5H2,1-2H3. The quantitative estimate of drug-likeness (QED) is 0.331. The number of halogens is 3. The molecule has 0 atom stereocenters. The molecule has 0 saturated carbocycles. The largest absolute Gasteiger partial charge is 0.451 e. The van der Waals surface area contributed by atoms with E-state index in [1.807, 2.05) is 0 Å². The van der Waals surface area contributed by atoms with Crippen molar-refractivity contribution in [3.8, 4) is 0 Å². The molecule has 0 aliphatic rings. The zero-order chi connectivity index (χ0) is 17.7. The minimum Gasteiger partial charge on any atom is -0.351 e. The van der Waals surface area contributed by atoms with Crippen molar-refractivity contribution < 1.29 is 23.0 Å². The van der Waals surface area contributed by atoms with Crippen molar-refractivity contribution in [2.45, 2.75) is 25.9 Å². The fourth-order valence-corrected chi connectivity index (χ4v) is 2.04. The second-order valence-electron chi connectivity index (χ2n) is 4.67. The van der Waals surface area contributed by atoms with Gasteiger partial charge in [0.25, 0.3) is 0 Å². The van der Waals surface area contributed by atoms with E-state index in [0.717, 1.165) is 6.07 Å². The Balaban J connectivity index is 3.25. The van der Waals surface area contributed by atoms with Crippen molar-refractivity contribution in [3.05, 3.63) is 61.6 Å². The third kappa shape index (κ3) is 4.18. The average molecular weight is 333 g/mol. The van der Waals surface area contributed by atoms with E-state index >= 15 is 0 Å². The molecule has 1 rings (SSSR count). The van der Waals surface area contributed by atoms with Crippen LogP contribution in [0.1, 0.15) is 18.9 Å². The van der Waals surface area contributed by atoms with Gasteiger partial charge in [0.05, 0.1) is 16.3 Å². The van der Waals surface area contributed by atoms with Gasteiger partial charge in [-0.2, -0.15) is 0 Å². The number of hydrogen-bond acceptors (Lipinski definition) is 5. The first-order valence-electron chi connectivity index (χ1n) is 6.49. The molecular weight excluding hydrogens is 319 g/mol. The van der Waals surface area contributed by atoms with Crippen molar-refractivity contribution in [3.63, 3.8) is 0 Å². The molecule has 0 heterocycles. The summed E-state index contributed by atoms with van der Waals surface area (Å²) in [7, 11) is 1.44. The van der Waals surface area contributed by atoms with Gasteiger partial charge in [-0.15, -0.1) is 0 Å². The highest BCUT2D eigenvalue weighted by molar-refractivity contribution is 5.56. The summed E-state index contributed by atoms with van der Waals surface area (Å²) in [6.07, 6.45) is -0.304. The molecule has 1 aromatic carbocycles. The molecular formula is C13H14F3N3O4. The number of benzene rings is 1. The SMILES string of the molecule is CC=CN(C)c1cc(F)c(F)c(F)c1CCC([N+](=O)[O-])[N+](=O)[O-]. The molecule has 0 aromatic heterocycles. The molecule has 23 heavy (non-hydrogen) atoms. The fraction of sp³-hybridized carbons (Fsp3) is 0.385. The summed E-state index contributed by atoms with van der Waals surface area (Å²) in [5.74, 6) is -4.66. The van der Waals surface area contributed by atoms with Gasteiger partial charge in [0, 0.05) is 24.4 Å². The minimum absolute atomic E-state index is 0.0649. The smallest absolute Gasteiger partial charge is 0.351 e. The molecule has 10 heteroatoms. The van der Waals surface area contributed by atoms with Crippen LogP contribution in [0.5, 0.6) is 0 Å². The number of hydrogen-bond donors (Lipinski definition) is 0. The highest BCUT2D eigenvalue weighted by Gasteiger charge is 2.33. The van der Waals surface area contributed by atoms with Crippen molar-refractivity contribution in [1.29, 1.82) is 0 Å². The monoisotopic (exact) mass is 333 g/mol. The summed E-state index contributed by atoms with van der Waals surface area (Å²) in [6.45, 7) is 1.64. The van der Waals surface area contributed by atoms with Crippen molar-refractivity contribution in [1.82, 2.24) is 0 Å². The molecule has 0 spiro atoms. The molecule has 0 aliphatic heterocycles. The van der Waals surface area contributed by atoms with E-state index in [2.05, 4.69) is 0 Å². The normalized spacial score (nSPS) is 11.2. The first-order valence-corrected chi connectivity index (χ1v) is 6.49. The van der Waals surface area contributed by atoms with Crippen LogP contribution >= 0.6 is 0 Å². The van der Waals surface area contributed by atoms with Gasteiger partial charge in [-0.1, -0.05) is 6.08 Å². The highest BCUT2D eigenvalue weighted by atomic mass is 19.2. The summed E-state index contributed by atoms with van der Waals surface area (Å²) in [5.41, 5.74) is -0.428. The molecule has 0 saturated heterocycles. The maximum Gasteiger partial charge on any atom is 0.451 e. The third-order valence-corrected chi connectivity index (χ3v) is 3.13. The predicted octanol–water partition coefficient (Wildman–Crippen LogP) is 2.89. The lowest BCUT2D eigenvalue weighted by Gasteiger charge is -2.19. The molecule has 1 aromatic rings. The lowest BCUT2D eigenvalue weighted by atomic mass is 10.0. The number of allylic oxidation sites excluding steroid dienone is 1. The first kappa shape index (κ1) is 18.4. The van der Waals surface area contributed by atoms with Crippen LogP contribution in [0.25, 0.3) is 0 Å². The summed E-state index contributed by atoms with van der Waals surface area (Å²) < 4.78 is 40.8. The summed E-state index contributed by atoms with van der Waals surface area (Å²) in [5, 5.41) is 21.2. The molecule has 0 aliphatic carbocycles. The van der Waals surface area contributed by atoms with E-state index in [0.29, 0.717) is 0 Å². The highest BCUT2D eigenvalue weighted by Crippen LogP contribution is 2.29. The van der Waals surface area contributed by atoms with Crippen LogP contribution in [0.4, 0.5) is 18.9 Å². The summed E-state index contributed by atoms with van der Waals surface area (Å²) in [4.78, 5) is 20.3. The molecule has 0 unspecified atom stereocenters. The first-order chi connectivity index (χ1) is 10.7. The number of rotatable bonds is 7. The third-order valence-electron chi connectivity index (χ3n) is 3.13. The Hall–Kier alpha value is -2.65. The molecule has 7 nitrogen and oxygen atoms in total. The Labute approximate surface area is 129 Å². The molecule has 126 valence electrons. The van der Waals surface area contributed by atoms with E-state index in [1.54, 1.807) is 13.0 Å². The number of nitro groups is 2. The fourth-order valence-electron chi connectivity index (χ4n) is 2.04. The van der Waals surface area contributed by atoms with Crippen LogP contribution in [-0.4, -0.2) is 23.1 Å². The van der Waals surface area contributed by atoms with E-state index in [9.17, 15) is 33.4 Å². The lowest BCUT2D eigenvalue weighted by molar-refractivity contribution is -0.742.